The predicted octanol–water partition coefficient (Wildman–Crippen LogP) is 4.18. The third-order valence-electron chi connectivity index (χ3n) is 5.32. The Hall–Kier alpha value is -2.80. The first-order valence-electron chi connectivity index (χ1n) is 9.57. The van der Waals surface area contributed by atoms with Gasteiger partial charge in [-0.25, -0.2) is 18.4 Å². The molecule has 29 heavy (non-hydrogen) atoms. The minimum Gasteiger partial charge on any atom is -0.493 e. The lowest BCUT2D eigenvalue weighted by molar-refractivity contribution is -0.0206. The molecule has 1 saturated heterocycles. The van der Waals surface area contributed by atoms with Gasteiger partial charge in [-0.05, 0) is 38.0 Å². The van der Waals surface area contributed by atoms with Crippen LogP contribution in [0.1, 0.15) is 23.1 Å². The third kappa shape index (κ3) is 4.15. The molecule has 3 aromatic rings. The molecule has 0 saturated carbocycles. The average molecular weight is 399 g/mol. The SMILES string of the molecule is Cc1ccc(OC[C@@H]2CO[C@@](Cn3cncn3)(c3ccc(F)cc3F)C2)c(C)c1. The van der Waals surface area contributed by atoms with E-state index in [-0.39, 0.29) is 12.5 Å². The van der Waals surface area contributed by atoms with E-state index >= 15 is 0 Å². The van der Waals surface area contributed by atoms with Crippen molar-refractivity contribution in [3.63, 3.8) is 0 Å². The first-order chi connectivity index (χ1) is 13.9. The van der Waals surface area contributed by atoms with Gasteiger partial charge in [0.2, 0.25) is 0 Å². The zero-order chi connectivity index (χ0) is 20.4. The first-order valence-corrected chi connectivity index (χ1v) is 9.57. The van der Waals surface area contributed by atoms with Gasteiger partial charge in [-0.15, -0.1) is 0 Å². The number of rotatable bonds is 6. The number of nitrogens with zero attached hydrogens (tertiary/aromatic N) is 3. The van der Waals surface area contributed by atoms with E-state index in [9.17, 15) is 8.78 Å². The molecule has 2 atom stereocenters. The minimum absolute atomic E-state index is 0.0590. The van der Waals surface area contributed by atoms with Crippen LogP contribution in [0.15, 0.2) is 49.1 Å². The molecular weight excluding hydrogens is 376 g/mol. The number of aromatic nitrogens is 3. The largest absolute Gasteiger partial charge is 0.493 e. The molecule has 5 nitrogen and oxygen atoms in total. The summed E-state index contributed by atoms with van der Waals surface area (Å²) in [6.07, 6.45) is 3.51. The van der Waals surface area contributed by atoms with Crippen LogP contribution in [-0.2, 0) is 16.9 Å². The zero-order valence-electron chi connectivity index (χ0n) is 16.4. The van der Waals surface area contributed by atoms with Gasteiger partial charge in [-0.3, -0.25) is 0 Å². The highest BCUT2D eigenvalue weighted by Gasteiger charge is 2.44. The van der Waals surface area contributed by atoms with Crippen molar-refractivity contribution in [2.45, 2.75) is 32.4 Å². The van der Waals surface area contributed by atoms with Gasteiger partial charge in [0.15, 0.2) is 0 Å². The second kappa shape index (κ2) is 7.91. The molecule has 2 heterocycles. The van der Waals surface area contributed by atoms with Crippen LogP contribution in [0.25, 0.3) is 0 Å². The molecular formula is C22H23F2N3O2. The summed E-state index contributed by atoms with van der Waals surface area (Å²) in [4.78, 5) is 3.96. The summed E-state index contributed by atoms with van der Waals surface area (Å²) in [6.45, 7) is 5.20. The van der Waals surface area contributed by atoms with Crippen LogP contribution in [0.2, 0.25) is 0 Å². The number of hydrogen-bond acceptors (Lipinski definition) is 4. The number of ether oxygens (including phenoxy) is 2. The highest BCUT2D eigenvalue weighted by Crippen LogP contribution is 2.42. The lowest BCUT2D eigenvalue weighted by Crippen LogP contribution is -2.32. The summed E-state index contributed by atoms with van der Waals surface area (Å²) in [6, 6.07) is 9.64. The van der Waals surface area contributed by atoms with E-state index in [1.165, 1.54) is 24.0 Å². The summed E-state index contributed by atoms with van der Waals surface area (Å²) in [5.41, 5.74) is 1.62. The number of aryl methyl sites for hydroxylation is 2. The first kappa shape index (κ1) is 19.5. The molecule has 1 fully saturated rings. The van der Waals surface area contributed by atoms with Gasteiger partial charge in [-0.1, -0.05) is 23.8 Å². The molecule has 0 amide bonds. The molecule has 152 valence electrons. The molecule has 0 unspecified atom stereocenters. The van der Waals surface area contributed by atoms with Crippen molar-refractivity contribution in [3.8, 4) is 5.75 Å². The van der Waals surface area contributed by atoms with Gasteiger partial charge < -0.3 is 9.47 Å². The van der Waals surface area contributed by atoms with Crippen molar-refractivity contribution >= 4 is 0 Å². The van der Waals surface area contributed by atoms with E-state index in [1.807, 2.05) is 26.0 Å². The fourth-order valence-electron chi connectivity index (χ4n) is 3.96. The molecule has 4 rings (SSSR count). The predicted molar refractivity (Wildman–Crippen MR) is 104 cm³/mol. The Morgan fingerprint density at radius 3 is 2.79 bits per heavy atom. The molecule has 1 aromatic heterocycles. The zero-order valence-corrected chi connectivity index (χ0v) is 16.4. The summed E-state index contributed by atoms with van der Waals surface area (Å²) >= 11 is 0. The number of benzene rings is 2. The molecule has 7 heteroatoms. The van der Waals surface area contributed by atoms with Crippen molar-refractivity contribution in [3.05, 3.63) is 77.4 Å². The van der Waals surface area contributed by atoms with Gasteiger partial charge in [0.05, 0.1) is 19.8 Å². The number of halogens is 2. The smallest absolute Gasteiger partial charge is 0.137 e. The fraction of sp³-hybridized carbons (Fsp3) is 0.364. The minimum atomic E-state index is -0.957. The summed E-state index contributed by atoms with van der Waals surface area (Å²) in [7, 11) is 0. The van der Waals surface area contributed by atoms with E-state index in [2.05, 4.69) is 16.1 Å². The van der Waals surface area contributed by atoms with Gasteiger partial charge in [0.1, 0.15) is 35.6 Å². The lowest BCUT2D eigenvalue weighted by atomic mass is 9.87. The monoisotopic (exact) mass is 399 g/mol. The Labute approximate surface area is 168 Å². The van der Waals surface area contributed by atoms with Crippen LogP contribution < -0.4 is 4.74 Å². The van der Waals surface area contributed by atoms with Gasteiger partial charge >= 0.3 is 0 Å². The molecule has 1 aliphatic rings. The van der Waals surface area contributed by atoms with E-state index < -0.39 is 17.2 Å². The van der Waals surface area contributed by atoms with Crippen molar-refractivity contribution in [2.24, 2.45) is 5.92 Å². The molecule has 1 aliphatic heterocycles. The number of hydrogen-bond donors (Lipinski definition) is 0. The van der Waals surface area contributed by atoms with Crippen LogP contribution in [0.3, 0.4) is 0 Å². The lowest BCUT2D eigenvalue weighted by Gasteiger charge is -2.29. The Morgan fingerprint density at radius 2 is 2.07 bits per heavy atom. The van der Waals surface area contributed by atoms with Gasteiger partial charge in [-0.2, -0.15) is 5.10 Å². The van der Waals surface area contributed by atoms with Gasteiger partial charge in [0, 0.05) is 17.5 Å². The molecule has 0 aliphatic carbocycles. The average Bonchev–Trinajstić information content (AvgIpc) is 3.32. The molecule has 0 spiro atoms. The summed E-state index contributed by atoms with van der Waals surface area (Å²) in [5.74, 6) is -0.350. The second-order valence-corrected chi connectivity index (χ2v) is 7.67. The quantitative estimate of drug-likeness (QED) is 0.624. The highest BCUT2D eigenvalue weighted by atomic mass is 19.1. The highest BCUT2D eigenvalue weighted by molar-refractivity contribution is 5.35. The normalized spacial score (nSPS) is 21.4. The van der Waals surface area contributed by atoms with E-state index in [4.69, 9.17) is 9.47 Å². The van der Waals surface area contributed by atoms with Crippen molar-refractivity contribution < 1.29 is 18.3 Å². The Kier molecular flexibility index (Phi) is 5.32. The van der Waals surface area contributed by atoms with Crippen LogP contribution in [-0.4, -0.2) is 28.0 Å². The topological polar surface area (TPSA) is 49.2 Å². The molecule has 0 N–H and O–H groups in total. The summed E-state index contributed by atoms with van der Waals surface area (Å²) < 4.78 is 41.9. The fourth-order valence-corrected chi connectivity index (χ4v) is 3.96. The Bertz CT molecular complexity index is 994. The van der Waals surface area contributed by atoms with Crippen LogP contribution >= 0.6 is 0 Å². The third-order valence-corrected chi connectivity index (χ3v) is 5.32. The maximum atomic E-state index is 14.6. The van der Waals surface area contributed by atoms with Gasteiger partial charge in [0.25, 0.3) is 0 Å². The van der Waals surface area contributed by atoms with Crippen LogP contribution in [0.4, 0.5) is 8.78 Å². The Balaban J connectivity index is 1.55. The summed E-state index contributed by atoms with van der Waals surface area (Å²) in [5, 5.41) is 4.13. The van der Waals surface area contributed by atoms with Crippen LogP contribution in [0, 0.1) is 31.4 Å². The van der Waals surface area contributed by atoms with E-state index in [0.29, 0.717) is 25.2 Å². The van der Waals surface area contributed by atoms with Crippen molar-refractivity contribution in [2.75, 3.05) is 13.2 Å². The molecule has 0 radical (unpaired) electrons. The van der Waals surface area contributed by atoms with Crippen molar-refractivity contribution in [1.29, 1.82) is 0 Å². The molecule has 2 aromatic carbocycles. The standard InChI is InChI=1S/C22H23F2N3O2/c1-15-3-6-21(16(2)7-15)28-10-17-9-22(29-11-17,12-27-14-25-13-26-27)19-5-4-18(23)8-20(19)24/h3-8,13-14,17H,9-12H2,1-2H3/t17-,22+/m1/s1. The van der Waals surface area contributed by atoms with E-state index in [0.717, 1.165) is 17.4 Å². The maximum absolute atomic E-state index is 14.6. The second-order valence-electron chi connectivity index (χ2n) is 7.67. The van der Waals surface area contributed by atoms with Crippen LogP contribution in [0.5, 0.6) is 5.75 Å². The van der Waals surface area contributed by atoms with Crippen molar-refractivity contribution in [1.82, 2.24) is 14.8 Å². The van der Waals surface area contributed by atoms with E-state index in [1.54, 1.807) is 11.0 Å². The Morgan fingerprint density at radius 1 is 1.21 bits per heavy atom. The molecule has 0 bridgehead atoms. The maximum Gasteiger partial charge on any atom is 0.137 e.